The Kier molecular flexibility index (Phi) is 7.37. The molecule has 0 unspecified atom stereocenters. The molecule has 6 nitrogen and oxygen atoms in total. The predicted molar refractivity (Wildman–Crippen MR) is 165 cm³/mol. The van der Waals surface area contributed by atoms with Crippen LogP contribution in [-0.4, -0.2) is 27.6 Å². The summed E-state index contributed by atoms with van der Waals surface area (Å²) in [7, 11) is 0. The maximum absolute atomic E-state index is 13.7. The van der Waals surface area contributed by atoms with Crippen molar-refractivity contribution in [1.82, 2.24) is 19.9 Å². The number of hydrogen-bond donors (Lipinski definition) is 2. The summed E-state index contributed by atoms with van der Waals surface area (Å²) in [6.45, 7) is 6.64. The second-order valence-electron chi connectivity index (χ2n) is 10.4. The average molecular weight is 550 g/mol. The molecular formula is C33H32ClN5O. The number of piperidine rings is 1. The first-order valence-corrected chi connectivity index (χ1v) is 14.2. The van der Waals surface area contributed by atoms with Crippen molar-refractivity contribution in [2.75, 3.05) is 18.4 Å². The third-order valence-electron chi connectivity index (χ3n) is 7.84. The van der Waals surface area contributed by atoms with E-state index in [2.05, 4.69) is 58.9 Å². The highest BCUT2D eigenvalue weighted by atomic mass is 35.5. The van der Waals surface area contributed by atoms with Crippen LogP contribution in [0.4, 0.5) is 11.6 Å². The van der Waals surface area contributed by atoms with E-state index in [1.54, 1.807) is 10.8 Å². The Hall–Kier alpha value is -4.00. The van der Waals surface area contributed by atoms with Crippen LogP contribution in [0.25, 0.3) is 33.3 Å². The van der Waals surface area contributed by atoms with E-state index in [-0.39, 0.29) is 5.56 Å². The van der Waals surface area contributed by atoms with E-state index in [4.69, 9.17) is 16.6 Å². The van der Waals surface area contributed by atoms with Gasteiger partial charge < -0.3 is 10.6 Å². The van der Waals surface area contributed by atoms with Crippen molar-refractivity contribution >= 4 is 34.3 Å². The van der Waals surface area contributed by atoms with E-state index >= 15 is 0 Å². The predicted octanol–water partition coefficient (Wildman–Crippen LogP) is 7.32. The van der Waals surface area contributed by atoms with E-state index < -0.39 is 0 Å². The maximum Gasteiger partial charge on any atom is 0.260 e. The lowest BCUT2D eigenvalue weighted by atomic mass is 9.90. The van der Waals surface area contributed by atoms with Gasteiger partial charge in [-0.2, -0.15) is 4.98 Å². The number of pyridine rings is 1. The normalized spacial score (nSPS) is 14.0. The Bertz CT molecular complexity index is 1740. The van der Waals surface area contributed by atoms with Crippen molar-refractivity contribution in [1.29, 1.82) is 0 Å². The molecule has 7 heteroatoms. The van der Waals surface area contributed by atoms with E-state index in [9.17, 15) is 4.79 Å². The third kappa shape index (κ3) is 5.12. The molecule has 0 saturated carbocycles. The van der Waals surface area contributed by atoms with E-state index in [0.717, 1.165) is 35.3 Å². The van der Waals surface area contributed by atoms with Gasteiger partial charge in [-0.25, -0.2) is 4.98 Å². The van der Waals surface area contributed by atoms with Crippen molar-refractivity contribution in [3.05, 3.63) is 105 Å². The highest BCUT2D eigenvalue weighted by Crippen LogP contribution is 2.33. The van der Waals surface area contributed by atoms with E-state index in [1.165, 1.54) is 24.0 Å². The fourth-order valence-corrected chi connectivity index (χ4v) is 5.91. The highest BCUT2D eigenvalue weighted by molar-refractivity contribution is 6.33. The summed E-state index contributed by atoms with van der Waals surface area (Å²) in [6, 6.07) is 24.4. The SMILES string of the molecule is CCn1c(=O)c(-c2ccc(-c3ccccc3C)cc2Cl)cc2cnc(Nc3ccc(C4CCNCC4)cc3)nc21. The molecule has 2 aromatic heterocycles. The summed E-state index contributed by atoms with van der Waals surface area (Å²) in [5.41, 5.74) is 7.29. The molecule has 0 amide bonds. The Morgan fingerprint density at radius 1 is 0.975 bits per heavy atom. The summed E-state index contributed by atoms with van der Waals surface area (Å²) >= 11 is 6.77. The van der Waals surface area contributed by atoms with Crippen LogP contribution in [-0.2, 0) is 6.54 Å². The van der Waals surface area contributed by atoms with Crippen LogP contribution >= 0.6 is 11.6 Å². The van der Waals surface area contributed by atoms with E-state index in [1.807, 2.05) is 43.3 Å². The minimum atomic E-state index is -0.128. The molecule has 2 N–H and O–H groups in total. The van der Waals surface area contributed by atoms with Crippen molar-refractivity contribution < 1.29 is 0 Å². The molecule has 3 aromatic carbocycles. The standard InChI is InChI=1S/C33H32ClN5O/c1-3-39-31-25(20-36-33(38-31)37-26-11-8-22(9-12-26)23-14-16-35-17-15-23)18-29(32(39)40)28-13-10-24(19-30(28)34)27-7-5-4-6-21(27)2/h4-13,18-20,23,35H,3,14-17H2,1-2H3,(H,36,37,38). The highest BCUT2D eigenvalue weighted by Gasteiger charge is 2.17. The van der Waals surface area contributed by atoms with Gasteiger partial charge in [0.25, 0.3) is 5.56 Å². The summed E-state index contributed by atoms with van der Waals surface area (Å²) in [5.74, 6) is 1.06. The lowest BCUT2D eigenvalue weighted by molar-refractivity contribution is 0.460. The Morgan fingerprint density at radius 3 is 2.48 bits per heavy atom. The molecule has 0 radical (unpaired) electrons. The number of rotatable bonds is 6. The van der Waals surface area contributed by atoms with E-state index in [0.29, 0.717) is 40.2 Å². The molecule has 0 spiro atoms. The molecule has 202 valence electrons. The van der Waals surface area contributed by atoms with Gasteiger partial charge in [-0.1, -0.05) is 60.1 Å². The zero-order valence-corrected chi connectivity index (χ0v) is 23.5. The first-order valence-electron chi connectivity index (χ1n) is 13.9. The van der Waals surface area contributed by atoms with Crippen LogP contribution in [0.5, 0.6) is 0 Å². The number of aromatic nitrogens is 3. The number of halogens is 1. The van der Waals surface area contributed by atoms with Gasteiger partial charge in [0.15, 0.2) is 0 Å². The molecule has 40 heavy (non-hydrogen) atoms. The van der Waals surface area contributed by atoms with Crippen molar-refractivity contribution in [2.24, 2.45) is 0 Å². The monoisotopic (exact) mass is 549 g/mol. The van der Waals surface area contributed by atoms with Crippen LogP contribution in [0.15, 0.2) is 83.8 Å². The van der Waals surface area contributed by atoms with Crippen molar-refractivity contribution in [2.45, 2.75) is 39.2 Å². The summed E-state index contributed by atoms with van der Waals surface area (Å²) in [5, 5.41) is 8.04. The van der Waals surface area contributed by atoms with Gasteiger partial charge in [-0.05, 0) is 92.2 Å². The molecule has 1 aliphatic rings. The molecule has 3 heterocycles. The van der Waals surface area contributed by atoms with Crippen LogP contribution in [0.3, 0.4) is 0 Å². The topological polar surface area (TPSA) is 71.8 Å². The molecule has 1 fully saturated rings. The molecule has 0 atom stereocenters. The number of anilines is 2. The zero-order chi connectivity index (χ0) is 27.6. The third-order valence-corrected chi connectivity index (χ3v) is 8.15. The number of nitrogens with zero attached hydrogens (tertiary/aromatic N) is 3. The number of fused-ring (bicyclic) bond motifs is 1. The van der Waals surface area contributed by atoms with Crippen molar-refractivity contribution in [3.63, 3.8) is 0 Å². The largest absolute Gasteiger partial charge is 0.324 e. The minimum absolute atomic E-state index is 0.128. The van der Waals surface area contributed by atoms with Gasteiger partial charge in [-0.15, -0.1) is 0 Å². The molecule has 1 saturated heterocycles. The molecule has 1 aliphatic heterocycles. The van der Waals surface area contributed by atoms with Crippen molar-refractivity contribution in [3.8, 4) is 22.3 Å². The van der Waals surface area contributed by atoms with Crippen LogP contribution in [0.2, 0.25) is 5.02 Å². The van der Waals surface area contributed by atoms with Gasteiger partial charge in [0.1, 0.15) is 5.65 Å². The summed E-state index contributed by atoms with van der Waals surface area (Å²) < 4.78 is 1.68. The Labute approximate surface area is 239 Å². The van der Waals surface area contributed by atoms with Crippen LogP contribution < -0.4 is 16.2 Å². The minimum Gasteiger partial charge on any atom is -0.324 e. The first-order chi connectivity index (χ1) is 19.5. The van der Waals surface area contributed by atoms with Crippen LogP contribution in [0, 0.1) is 6.92 Å². The molecule has 0 aliphatic carbocycles. The van der Waals surface area contributed by atoms with Gasteiger partial charge in [0.05, 0.1) is 0 Å². The molecule has 5 aromatic rings. The molecule has 0 bridgehead atoms. The summed E-state index contributed by atoms with van der Waals surface area (Å²) in [4.78, 5) is 22.9. The second kappa shape index (κ2) is 11.2. The van der Waals surface area contributed by atoms with Gasteiger partial charge in [0, 0.05) is 40.0 Å². The fourth-order valence-electron chi connectivity index (χ4n) is 5.63. The second-order valence-corrected chi connectivity index (χ2v) is 10.8. The fraction of sp³-hybridized carbons (Fsp3) is 0.242. The van der Waals surface area contributed by atoms with Crippen LogP contribution in [0.1, 0.15) is 36.8 Å². The number of hydrogen-bond acceptors (Lipinski definition) is 5. The first kappa shape index (κ1) is 26.2. The molecular weight excluding hydrogens is 518 g/mol. The zero-order valence-electron chi connectivity index (χ0n) is 22.7. The lowest BCUT2D eigenvalue weighted by Gasteiger charge is -2.23. The smallest absolute Gasteiger partial charge is 0.260 e. The number of aryl methyl sites for hydroxylation is 2. The number of nitrogens with one attached hydrogen (secondary N) is 2. The Morgan fingerprint density at radius 2 is 1.75 bits per heavy atom. The summed E-state index contributed by atoms with van der Waals surface area (Å²) in [6.07, 6.45) is 4.09. The quantitative estimate of drug-likeness (QED) is 0.232. The average Bonchev–Trinajstić information content (AvgIpc) is 2.98. The lowest BCUT2D eigenvalue weighted by Crippen LogP contribution is -2.26. The van der Waals surface area contributed by atoms with Gasteiger partial charge >= 0.3 is 0 Å². The molecule has 6 rings (SSSR count). The maximum atomic E-state index is 13.7. The Balaban J connectivity index is 1.31. The number of benzene rings is 3. The van der Waals surface area contributed by atoms with Gasteiger partial charge in [0.2, 0.25) is 5.95 Å². The van der Waals surface area contributed by atoms with Gasteiger partial charge in [-0.3, -0.25) is 9.36 Å².